The Kier molecular flexibility index (Phi) is 4.77. The van der Waals surface area contributed by atoms with Gasteiger partial charge in [0.1, 0.15) is 12.2 Å². The van der Waals surface area contributed by atoms with E-state index < -0.39 is 0 Å². The van der Waals surface area contributed by atoms with Gasteiger partial charge in [0.25, 0.3) is 0 Å². The lowest BCUT2D eigenvalue weighted by molar-refractivity contribution is 0.409. The summed E-state index contributed by atoms with van der Waals surface area (Å²) in [5, 5.41) is 12.4. The highest BCUT2D eigenvalue weighted by atomic mass is 15.4. The van der Waals surface area contributed by atoms with Crippen molar-refractivity contribution in [2.75, 3.05) is 0 Å². The second-order valence-electron chi connectivity index (χ2n) is 6.48. The smallest absolute Gasteiger partial charge is 0.141 e. The molecule has 0 saturated carbocycles. The van der Waals surface area contributed by atoms with Crippen molar-refractivity contribution in [3.8, 4) is 0 Å². The molecule has 1 N–H and O–H groups in total. The molecule has 2 aromatic heterocycles. The minimum atomic E-state index is 0.0644. The molecule has 0 aromatic carbocycles. The molecule has 116 valence electrons. The number of hydrogen-bond donors (Lipinski definition) is 1. The van der Waals surface area contributed by atoms with E-state index in [0.29, 0.717) is 19.1 Å². The van der Waals surface area contributed by atoms with Crippen LogP contribution in [0.1, 0.15) is 58.6 Å². The van der Waals surface area contributed by atoms with Crippen LogP contribution in [0, 0.1) is 0 Å². The van der Waals surface area contributed by atoms with Crippen molar-refractivity contribution in [2.24, 2.45) is 0 Å². The third-order valence-corrected chi connectivity index (χ3v) is 3.49. The molecule has 0 spiro atoms. The average molecular weight is 290 g/mol. The topological polar surface area (TPSA) is 60.6 Å². The zero-order valence-corrected chi connectivity index (χ0v) is 13.7. The first-order chi connectivity index (χ1) is 9.89. The molecule has 0 aliphatic carbocycles. The van der Waals surface area contributed by atoms with Crippen molar-refractivity contribution < 1.29 is 0 Å². The van der Waals surface area contributed by atoms with Gasteiger partial charge in [-0.3, -0.25) is 4.68 Å². The molecule has 21 heavy (non-hydrogen) atoms. The van der Waals surface area contributed by atoms with E-state index in [-0.39, 0.29) is 5.54 Å². The normalized spacial score (nSPS) is 13.6. The van der Waals surface area contributed by atoms with Gasteiger partial charge in [0.2, 0.25) is 0 Å². The average Bonchev–Trinajstić information content (AvgIpc) is 3.04. The number of rotatable bonds is 6. The zero-order valence-electron chi connectivity index (χ0n) is 13.7. The molecule has 6 heteroatoms. The summed E-state index contributed by atoms with van der Waals surface area (Å²) in [6.45, 7) is 12.1. The van der Waals surface area contributed by atoms with Gasteiger partial charge < -0.3 is 5.32 Å². The molecule has 1 unspecified atom stereocenters. The fraction of sp³-hybridized carbons (Fsp3) is 0.667. The molecule has 0 fully saturated rings. The van der Waals surface area contributed by atoms with Crippen molar-refractivity contribution in [3.05, 3.63) is 30.1 Å². The maximum Gasteiger partial charge on any atom is 0.141 e. The van der Waals surface area contributed by atoms with Crippen LogP contribution in [0.25, 0.3) is 0 Å². The van der Waals surface area contributed by atoms with E-state index in [2.05, 4.69) is 61.2 Å². The summed E-state index contributed by atoms with van der Waals surface area (Å²) >= 11 is 0. The van der Waals surface area contributed by atoms with Crippen LogP contribution in [0.2, 0.25) is 0 Å². The molecule has 0 aliphatic heterocycles. The van der Waals surface area contributed by atoms with Crippen molar-refractivity contribution in [1.82, 2.24) is 29.9 Å². The number of hydrogen-bond acceptors (Lipinski definition) is 4. The van der Waals surface area contributed by atoms with E-state index in [1.807, 2.05) is 15.6 Å². The minimum absolute atomic E-state index is 0.0644. The Hall–Kier alpha value is -1.69. The fourth-order valence-corrected chi connectivity index (χ4v) is 1.95. The molecular weight excluding hydrogens is 264 g/mol. The Morgan fingerprint density at radius 3 is 2.76 bits per heavy atom. The van der Waals surface area contributed by atoms with Gasteiger partial charge >= 0.3 is 0 Å². The number of aromatic nitrogens is 5. The highest BCUT2D eigenvalue weighted by Gasteiger charge is 2.13. The van der Waals surface area contributed by atoms with E-state index in [1.54, 1.807) is 6.33 Å². The molecular formula is C15H26N6. The lowest BCUT2D eigenvalue weighted by Crippen LogP contribution is -2.36. The zero-order chi connectivity index (χ0) is 15.5. The molecule has 0 aliphatic rings. The van der Waals surface area contributed by atoms with Crippen LogP contribution in [-0.2, 0) is 13.1 Å². The molecule has 0 radical (unpaired) electrons. The Labute approximate surface area is 126 Å². The molecule has 0 bridgehead atoms. The van der Waals surface area contributed by atoms with Crippen LogP contribution in [0.5, 0.6) is 0 Å². The quantitative estimate of drug-likeness (QED) is 0.887. The Bertz CT molecular complexity index is 563. The van der Waals surface area contributed by atoms with Gasteiger partial charge in [0.05, 0.1) is 18.8 Å². The first-order valence-electron chi connectivity index (χ1n) is 7.55. The molecule has 0 saturated heterocycles. The Morgan fingerprint density at radius 2 is 2.10 bits per heavy atom. The summed E-state index contributed by atoms with van der Waals surface area (Å²) in [5.41, 5.74) is 1.08. The van der Waals surface area contributed by atoms with E-state index in [4.69, 9.17) is 0 Å². The van der Waals surface area contributed by atoms with Crippen molar-refractivity contribution in [3.63, 3.8) is 0 Å². The van der Waals surface area contributed by atoms with Crippen LogP contribution >= 0.6 is 0 Å². The third kappa shape index (κ3) is 4.39. The van der Waals surface area contributed by atoms with Gasteiger partial charge in [0, 0.05) is 17.8 Å². The van der Waals surface area contributed by atoms with E-state index >= 15 is 0 Å². The van der Waals surface area contributed by atoms with Crippen LogP contribution in [0.3, 0.4) is 0 Å². The minimum Gasteiger partial charge on any atom is -0.305 e. The SMILES string of the molecule is CCC(C)n1ccc(Cn2ncnc2CNC(C)(C)C)n1. The summed E-state index contributed by atoms with van der Waals surface area (Å²) < 4.78 is 3.92. The van der Waals surface area contributed by atoms with E-state index in [1.165, 1.54) is 0 Å². The highest BCUT2D eigenvalue weighted by Crippen LogP contribution is 2.10. The maximum absolute atomic E-state index is 4.61. The van der Waals surface area contributed by atoms with Gasteiger partial charge in [-0.15, -0.1) is 0 Å². The summed E-state index contributed by atoms with van der Waals surface area (Å²) in [7, 11) is 0. The van der Waals surface area contributed by atoms with E-state index in [0.717, 1.165) is 17.9 Å². The fourth-order valence-electron chi connectivity index (χ4n) is 1.95. The third-order valence-electron chi connectivity index (χ3n) is 3.49. The van der Waals surface area contributed by atoms with Gasteiger partial charge in [-0.05, 0) is 40.2 Å². The van der Waals surface area contributed by atoms with Crippen molar-refractivity contribution >= 4 is 0 Å². The van der Waals surface area contributed by atoms with Gasteiger partial charge in [-0.1, -0.05) is 6.92 Å². The standard InChI is InChI=1S/C15H26N6/c1-6-12(2)20-8-7-13(19-20)10-21-14(16-11-18-21)9-17-15(3,4)5/h7-8,11-12,17H,6,9-10H2,1-5H3. The molecule has 6 nitrogen and oxygen atoms in total. The first-order valence-corrected chi connectivity index (χ1v) is 7.55. The predicted octanol–water partition coefficient (Wildman–Crippen LogP) is 2.38. The van der Waals surface area contributed by atoms with Gasteiger partial charge in [0.15, 0.2) is 0 Å². The van der Waals surface area contributed by atoms with Gasteiger partial charge in [-0.25, -0.2) is 9.67 Å². The first kappa shape index (κ1) is 15.7. The van der Waals surface area contributed by atoms with Crippen molar-refractivity contribution in [2.45, 2.75) is 65.7 Å². The Morgan fingerprint density at radius 1 is 1.33 bits per heavy atom. The lowest BCUT2D eigenvalue weighted by atomic mass is 10.1. The Balaban J connectivity index is 2.03. The molecule has 2 heterocycles. The largest absolute Gasteiger partial charge is 0.305 e. The summed E-state index contributed by atoms with van der Waals surface area (Å²) in [6.07, 6.45) is 4.71. The van der Waals surface area contributed by atoms with Crippen molar-refractivity contribution in [1.29, 1.82) is 0 Å². The molecule has 0 amide bonds. The second-order valence-corrected chi connectivity index (χ2v) is 6.48. The maximum atomic E-state index is 4.61. The summed E-state index contributed by atoms with van der Waals surface area (Å²) in [4.78, 5) is 4.33. The predicted molar refractivity (Wildman–Crippen MR) is 82.9 cm³/mol. The summed E-state index contributed by atoms with van der Waals surface area (Å²) in [6, 6.07) is 2.48. The van der Waals surface area contributed by atoms with Crippen LogP contribution in [0.15, 0.2) is 18.6 Å². The monoisotopic (exact) mass is 290 g/mol. The summed E-state index contributed by atoms with van der Waals surface area (Å²) in [5.74, 6) is 0.933. The van der Waals surface area contributed by atoms with Crippen LogP contribution in [0.4, 0.5) is 0 Å². The molecule has 2 rings (SSSR count). The van der Waals surface area contributed by atoms with Gasteiger partial charge in [-0.2, -0.15) is 10.2 Å². The highest BCUT2D eigenvalue weighted by molar-refractivity contribution is 5.01. The van der Waals surface area contributed by atoms with E-state index in [9.17, 15) is 0 Å². The van der Waals surface area contributed by atoms with Crippen LogP contribution in [-0.4, -0.2) is 30.1 Å². The number of nitrogens with one attached hydrogen (secondary N) is 1. The van der Waals surface area contributed by atoms with Crippen LogP contribution < -0.4 is 5.32 Å². The lowest BCUT2D eigenvalue weighted by Gasteiger charge is -2.20. The molecule has 1 atom stereocenters. The molecule has 2 aromatic rings. The second kappa shape index (κ2) is 6.39. The number of nitrogens with zero attached hydrogens (tertiary/aromatic N) is 5.